The summed E-state index contributed by atoms with van der Waals surface area (Å²) in [4.78, 5) is 4.11. The van der Waals surface area contributed by atoms with Crippen LogP contribution in [0.4, 0.5) is 5.69 Å². The van der Waals surface area contributed by atoms with Crippen molar-refractivity contribution >= 4 is 38.9 Å². The van der Waals surface area contributed by atoms with Gasteiger partial charge in [-0.25, -0.2) is 13.4 Å². The highest BCUT2D eigenvalue weighted by atomic mass is 35.5. The van der Waals surface area contributed by atoms with E-state index in [1.54, 1.807) is 25.2 Å². The van der Waals surface area contributed by atoms with Gasteiger partial charge in [0.25, 0.3) is 10.0 Å². The Kier molecular flexibility index (Phi) is 4.85. The number of pyridine rings is 1. The molecule has 3 aromatic rings. The first kappa shape index (κ1) is 17.5. The maximum Gasteiger partial charge on any atom is 0.265 e. The minimum Gasteiger partial charge on any atom is -0.436 e. The molecular formula is C15H12Cl2N4O3S. The molecule has 10 heteroatoms. The van der Waals surface area contributed by atoms with Gasteiger partial charge in [0.05, 0.1) is 28.1 Å². The minimum absolute atomic E-state index is 0.0539. The Morgan fingerprint density at radius 1 is 1.12 bits per heavy atom. The van der Waals surface area contributed by atoms with Crippen LogP contribution < -0.4 is 9.46 Å². The first-order valence-corrected chi connectivity index (χ1v) is 9.18. The Morgan fingerprint density at radius 2 is 1.84 bits per heavy atom. The highest BCUT2D eigenvalue weighted by Gasteiger charge is 2.16. The van der Waals surface area contributed by atoms with Crippen LogP contribution in [0.25, 0.3) is 0 Å². The summed E-state index contributed by atoms with van der Waals surface area (Å²) in [6.07, 6.45) is 3.98. The Hall–Kier alpha value is -2.29. The number of anilines is 1. The lowest BCUT2D eigenvalue weighted by Crippen LogP contribution is -2.12. The SMILES string of the molecule is Cn1cc(S(=O)(=O)Nc2ccc(Oc3c(Cl)cccc3Cl)nc2)cn1. The highest BCUT2D eigenvalue weighted by Crippen LogP contribution is 2.35. The van der Waals surface area contributed by atoms with Crippen molar-refractivity contribution in [2.45, 2.75) is 4.90 Å². The molecule has 0 saturated heterocycles. The molecule has 7 nitrogen and oxygen atoms in total. The number of sulfonamides is 1. The molecule has 1 aromatic carbocycles. The predicted octanol–water partition coefficient (Wildman–Crippen LogP) is 3.72. The van der Waals surface area contributed by atoms with Gasteiger partial charge in [-0.05, 0) is 18.2 Å². The molecule has 130 valence electrons. The van der Waals surface area contributed by atoms with Gasteiger partial charge >= 0.3 is 0 Å². The maximum atomic E-state index is 12.2. The third kappa shape index (κ3) is 4.04. The van der Waals surface area contributed by atoms with E-state index in [1.807, 2.05) is 0 Å². The first-order valence-electron chi connectivity index (χ1n) is 6.94. The summed E-state index contributed by atoms with van der Waals surface area (Å²) in [7, 11) is -2.10. The lowest BCUT2D eigenvalue weighted by Gasteiger charge is -2.09. The van der Waals surface area contributed by atoms with Crippen LogP contribution in [0, 0.1) is 0 Å². The number of hydrogen-bond acceptors (Lipinski definition) is 5. The van der Waals surface area contributed by atoms with Gasteiger partial charge in [0.2, 0.25) is 5.88 Å². The molecule has 0 saturated carbocycles. The van der Waals surface area contributed by atoms with Crippen LogP contribution in [0.2, 0.25) is 10.0 Å². The monoisotopic (exact) mass is 398 g/mol. The molecule has 0 spiro atoms. The van der Waals surface area contributed by atoms with Crippen molar-refractivity contribution in [2.75, 3.05) is 4.72 Å². The second-order valence-corrected chi connectivity index (χ2v) is 7.49. The van der Waals surface area contributed by atoms with Gasteiger partial charge in [-0.15, -0.1) is 0 Å². The quantitative estimate of drug-likeness (QED) is 0.707. The molecule has 0 atom stereocenters. The van der Waals surface area contributed by atoms with E-state index in [-0.39, 0.29) is 22.2 Å². The number of benzene rings is 1. The first-order chi connectivity index (χ1) is 11.8. The topological polar surface area (TPSA) is 86.1 Å². The zero-order chi connectivity index (χ0) is 18.0. The van der Waals surface area contributed by atoms with E-state index in [2.05, 4.69) is 14.8 Å². The van der Waals surface area contributed by atoms with E-state index in [1.165, 1.54) is 35.4 Å². The van der Waals surface area contributed by atoms with E-state index >= 15 is 0 Å². The van der Waals surface area contributed by atoms with Crippen molar-refractivity contribution < 1.29 is 13.2 Å². The van der Waals surface area contributed by atoms with Gasteiger partial charge < -0.3 is 4.74 Å². The number of nitrogens with one attached hydrogen (secondary N) is 1. The molecule has 0 unspecified atom stereocenters. The fraction of sp³-hybridized carbons (Fsp3) is 0.0667. The molecule has 0 aliphatic carbocycles. The zero-order valence-corrected chi connectivity index (χ0v) is 15.2. The minimum atomic E-state index is -3.73. The molecule has 25 heavy (non-hydrogen) atoms. The van der Waals surface area contributed by atoms with E-state index < -0.39 is 10.0 Å². The molecule has 0 aliphatic rings. The number of hydrogen-bond donors (Lipinski definition) is 1. The van der Waals surface area contributed by atoms with Crippen LogP contribution in [0.3, 0.4) is 0 Å². The second-order valence-electron chi connectivity index (χ2n) is 4.99. The third-order valence-electron chi connectivity index (χ3n) is 3.11. The van der Waals surface area contributed by atoms with Gasteiger partial charge in [-0.1, -0.05) is 29.3 Å². The second kappa shape index (κ2) is 6.91. The van der Waals surface area contributed by atoms with Gasteiger partial charge in [-0.3, -0.25) is 9.40 Å². The molecule has 2 heterocycles. The molecule has 0 bridgehead atoms. The molecule has 0 aliphatic heterocycles. The zero-order valence-electron chi connectivity index (χ0n) is 12.8. The smallest absolute Gasteiger partial charge is 0.265 e. The summed E-state index contributed by atoms with van der Waals surface area (Å²) in [6, 6.07) is 7.99. The van der Waals surface area contributed by atoms with Gasteiger partial charge in [0, 0.05) is 19.3 Å². The Bertz CT molecular complexity index is 984. The van der Waals surface area contributed by atoms with Crippen LogP contribution in [0.1, 0.15) is 0 Å². The fourth-order valence-electron chi connectivity index (χ4n) is 1.94. The van der Waals surface area contributed by atoms with E-state index in [0.29, 0.717) is 10.0 Å². The number of para-hydroxylation sites is 1. The molecular weight excluding hydrogens is 387 g/mol. The van der Waals surface area contributed by atoms with Crippen molar-refractivity contribution in [3.63, 3.8) is 0 Å². The Labute approximate surface area is 154 Å². The lowest BCUT2D eigenvalue weighted by molar-refractivity contribution is 0.463. The summed E-state index contributed by atoms with van der Waals surface area (Å²) in [5.74, 6) is 0.501. The van der Waals surface area contributed by atoms with Crippen molar-refractivity contribution in [3.8, 4) is 11.6 Å². The number of aromatic nitrogens is 3. The summed E-state index contributed by atoms with van der Waals surface area (Å²) >= 11 is 12.1. The van der Waals surface area contributed by atoms with Crippen LogP contribution in [0.15, 0.2) is 53.8 Å². The van der Waals surface area contributed by atoms with Gasteiger partial charge in [0.15, 0.2) is 5.75 Å². The van der Waals surface area contributed by atoms with Crippen LogP contribution in [-0.4, -0.2) is 23.2 Å². The maximum absolute atomic E-state index is 12.2. The normalized spacial score (nSPS) is 11.3. The summed E-state index contributed by atoms with van der Waals surface area (Å²) in [5.41, 5.74) is 0.279. The predicted molar refractivity (Wildman–Crippen MR) is 94.8 cm³/mol. The standard InChI is InChI=1S/C15H12Cl2N4O3S/c1-21-9-11(8-19-21)25(22,23)20-10-5-6-14(18-7-10)24-15-12(16)3-2-4-13(15)17/h2-9,20H,1H3. The number of halogens is 2. The molecule has 0 amide bonds. The van der Waals surface area contributed by atoms with Crippen LogP contribution in [-0.2, 0) is 17.1 Å². The number of ether oxygens (including phenoxy) is 1. The van der Waals surface area contributed by atoms with Crippen molar-refractivity contribution in [3.05, 3.63) is 59.0 Å². The van der Waals surface area contributed by atoms with Gasteiger partial charge in [0.1, 0.15) is 4.90 Å². The number of nitrogens with zero attached hydrogens (tertiary/aromatic N) is 3. The average Bonchev–Trinajstić information content (AvgIpc) is 3.00. The summed E-state index contributed by atoms with van der Waals surface area (Å²) < 4.78 is 33.8. The van der Waals surface area contributed by atoms with Crippen molar-refractivity contribution in [1.82, 2.24) is 14.8 Å². The van der Waals surface area contributed by atoms with Crippen LogP contribution >= 0.6 is 23.2 Å². The van der Waals surface area contributed by atoms with E-state index in [9.17, 15) is 8.42 Å². The number of rotatable bonds is 5. The van der Waals surface area contributed by atoms with Crippen LogP contribution in [0.5, 0.6) is 11.6 Å². The van der Waals surface area contributed by atoms with E-state index in [0.717, 1.165) is 0 Å². The average molecular weight is 399 g/mol. The van der Waals surface area contributed by atoms with Gasteiger partial charge in [-0.2, -0.15) is 5.10 Å². The summed E-state index contributed by atoms with van der Waals surface area (Å²) in [6.45, 7) is 0. The molecule has 2 aromatic heterocycles. The Morgan fingerprint density at radius 3 is 2.40 bits per heavy atom. The largest absolute Gasteiger partial charge is 0.436 e. The highest BCUT2D eigenvalue weighted by molar-refractivity contribution is 7.92. The molecule has 1 N–H and O–H groups in total. The summed E-state index contributed by atoms with van der Waals surface area (Å²) in [5, 5.41) is 4.53. The lowest BCUT2D eigenvalue weighted by atomic mass is 10.3. The van der Waals surface area contributed by atoms with Crippen molar-refractivity contribution in [1.29, 1.82) is 0 Å². The number of aryl methyl sites for hydroxylation is 1. The molecule has 0 fully saturated rings. The Balaban J connectivity index is 1.77. The van der Waals surface area contributed by atoms with Crippen molar-refractivity contribution in [2.24, 2.45) is 7.05 Å². The fourth-order valence-corrected chi connectivity index (χ4v) is 3.44. The molecule has 0 radical (unpaired) electrons. The van der Waals surface area contributed by atoms with E-state index in [4.69, 9.17) is 27.9 Å². The third-order valence-corrected chi connectivity index (χ3v) is 5.04. The molecule has 3 rings (SSSR count).